The van der Waals surface area contributed by atoms with Crippen molar-refractivity contribution in [3.05, 3.63) is 48.3 Å². The molecule has 0 saturated heterocycles. The van der Waals surface area contributed by atoms with Crippen LogP contribution in [0.5, 0.6) is 0 Å². The van der Waals surface area contributed by atoms with E-state index in [1.54, 1.807) is 17.1 Å². The molecular weight excluding hydrogens is 353 g/mol. The predicted molar refractivity (Wildman–Crippen MR) is 84.0 cm³/mol. The van der Waals surface area contributed by atoms with Crippen LogP contribution in [-0.2, 0) is 0 Å². The van der Waals surface area contributed by atoms with E-state index in [0.717, 1.165) is 29.5 Å². The number of para-hydroxylation sites is 1. The fraction of sp³-hybridized carbons (Fsp3) is 0.286. The van der Waals surface area contributed by atoms with Crippen LogP contribution in [0.4, 0.5) is 0 Å². The molecule has 0 atom stereocenters. The van der Waals surface area contributed by atoms with E-state index in [0.29, 0.717) is 5.56 Å². The average Bonchev–Trinajstić information content (AvgIpc) is 2.94. The number of rotatable bonds is 6. The Bertz CT molecular complexity index is 524. The summed E-state index contributed by atoms with van der Waals surface area (Å²) in [5, 5.41) is 7.11. The number of carbonyl (C=O) groups excluding carboxylic acids is 1. The van der Waals surface area contributed by atoms with Gasteiger partial charge < -0.3 is 5.32 Å². The van der Waals surface area contributed by atoms with Crippen LogP contribution in [-0.4, -0.2) is 26.7 Å². The van der Waals surface area contributed by atoms with Crippen LogP contribution < -0.4 is 5.32 Å². The van der Waals surface area contributed by atoms with Crippen molar-refractivity contribution in [2.24, 2.45) is 0 Å². The molecule has 100 valence electrons. The number of hydrogen-bond acceptors (Lipinski definition) is 2. The van der Waals surface area contributed by atoms with Crippen molar-refractivity contribution in [3.8, 4) is 5.69 Å². The van der Waals surface area contributed by atoms with E-state index in [4.69, 9.17) is 0 Å². The maximum Gasteiger partial charge on any atom is 0.254 e. The van der Waals surface area contributed by atoms with Gasteiger partial charge in [0.1, 0.15) is 0 Å². The van der Waals surface area contributed by atoms with E-state index in [1.807, 2.05) is 30.3 Å². The minimum absolute atomic E-state index is 0.0596. The van der Waals surface area contributed by atoms with Crippen molar-refractivity contribution in [2.45, 2.75) is 12.8 Å². The lowest BCUT2D eigenvalue weighted by Gasteiger charge is -2.02. The third-order valence-corrected chi connectivity index (χ3v) is 3.47. The molecule has 0 radical (unpaired) electrons. The molecule has 5 heteroatoms. The first-order valence-electron chi connectivity index (χ1n) is 6.25. The Balaban J connectivity index is 1.95. The fourth-order valence-electron chi connectivity index (χ4n) is 1.69. The molecule has 0 aliphatic carbocycles. The Morgan fingerprint density at radius 1 is 1.26 bits per heavy atom. The normalized spacial score (nSPS) is 10.4. The predicted octanol–water partition coefficient (Wildman–Crippen LogP) is 2.82. The van der Waals surface area contributed by atoms with Gasteiger partial charge in [-0.25, -0.2) is 4.68 Å². The molecule has 19 heavy (non-hydrogen) atoms. The van der Waals surface area contributed by atoms with Crippen LogP contribution in [0.1, 0.15) is 23.2 Å². The number of alkyl halides is 1. The van der Waals surface area contributed by atoms with Gasteiger partial charge in [0.15, 0.2) is 0 Å². The van der Waals surface area contributed by atoms with E-state index in [-0.39, 0.29) is 5.91 Å². The maximum atomic E-state index is 11.9. The van der Waals surface area contributed by atoms with Crippen LogP contribution in [0, 0.1) is 0 Å². The second-order valence-corrected chi connectivity index (χ2v) is 5.24. The summed E-state index contributed by atoms with van der Waals surface area (Å²) in [7, 11) is 0. The molecule has 1 N–H and O–H groups in total. The molecule has 0 fully saturated rings. The number of nitrogens with zero attached hydrogens (tertiary/aromatic N) is 2. The fourth-order valence-corrected chi connectivity index (χ4v) is 2.22. The van der Waals surface area contributed by atoms with E-state index >= 15 is 0 Å². The number of halogens is 1. The molecule has 4 nitrogen and oxygen atoms in total. The number of amides is 1. The molecule has 2 aromatic rings. The van der Waals surface area contributed by atoms with Crippen LogP contribution in [0.25, 0.3) is 5.69 Å². The van der Waals surface area contributed by atoms with Gasteiger partial charge in [-0.3, -0.25) is 4.79 Å². The molecule has 0 aliphatic heterocycles. The van der Waals surface area contributed by atoms with Gasteiger partial charge in [0.25, 0.3) is 5.91 Å². The summed E-state index contributed by atoms with van der Waals surface area (Å²) in [5.74, 6) is -0.0596. The van der Waals surface area contributed by atoms with Crippen LogP contribution in [0.2, 0.25) is 0 Å². The Labute approximate surface area is 126 Å². The molecule has 1 amide bonds. The summed E-state index contributed by atoms with van der Waals surface area (Å²) in [5.41, 5.74) is 1.55. The number of unbranched alkanes of at least 4 members (excludes halogenated alkanes) is 1. The lowest BCUT2D eigenvalue weighted by molar-refractivity contribution is 0.0953. The summed E-state index contributed by atoms with van der Waals surface area (Å²) in [6.45, 7) is 0.721. The molecule has 0 unspecified atom stereocenters. The number of benzene rings is 1. The van der Waals surface area contributed by atoms with Crippen molar-refractivity contribution in [1.82, 2.24) is 15.1 Å². The van der Waals surface area contributed by atoms with E-state index in [9.17, 15) is 4.79 Å². The lowest BCUT2D eigenvalue weighted by atomic mass is 10.3. The monoisotopic (exact) mass is 369 g/mol. The van der Waals surface area contributed by atoms with Gasteiger partial charge >= 0.3 is 0 Å². The summed E-state index contributed by atoms with van der Waals surface area (Å²) >= 11 is 2.34. The standard InChI is InChI=1S/C14H16IN3O/c15-8-4-5-9-16-14(19)12-10-17-18(11-12)13-6-2-1-3-7-13/h1-3,6-7,10-11H,4-5,8-9H2,(H,16,19). The quantitative estimate of drug-likeness (QED) is 0.484. The molecule has 1 aromatic heterocycles. The van der Waals surface area contributed by atoms with Crippen molar-refractivity contribution < 1.29 is 4.79 Å². The molecule has 0 bridgehead atoms. The van der Waals surface area contributed by atoms with Gasteiger partial charge in [-0.15, -0.1) is 0 Å². The zero-order valence-corrected chi connectivity index (χ0v) is 12.7. The number of hydrogen-bond donors (Lipinski definition) is 1. The molecule has 0 spiro atoms. The van der Waals surface area contributed by atoms with Crippen molar-refractivity contribution >= 4 is 28.5 Å². The van der Waals surface area contributed by atoms with Crippen LogP contribution in [0.15, 0.2) is 42.7 Å². The first-order valence-corrected chi connectivity index (χ1v) is 7.78. The molecule has 1 aromatic carbocycles. The molecular formula is C14H16IN3O. The molecule has 0 saturated carbocycles. The van der Waals surface area contributed by atoms with Gasteiger partial charge in [0, 0.05) is 12.7 Å². The highest BCUT2D eigenvalue weighted by molar-refractivity contribution is 14.1. The zero-order chi connectivity index (χ0) is 13.5. The first kappa shape index (κ1) is 14.0. The maximum absolute atomic E-state index is 11.9. The minimum atomic E-state index is -0.0596. The summed E-state index contributed by atoms with van der Waals surface area (Å²) < 4.78 is 2.83. The Morgan fingerprint density at radius 2 is 2.05 bits per heavy atom. The number of nitrogens with one attached hydrogen (secondary N) is 1. The molecule has 0 aliphatic rings. The Hall–Kier alpha value is -1.37. The summed E-state index contributed by atoms with van der Waals surface area (Å²) in [4.78, 5) is 11.9. The minimum Gasteiger partial charge on any atom is -0.352 e. The van der Waals surface area contributed by atoms with Crippen molar-refractivity contribution in [1.29, 1.82) is 0 Å². The summed E-state index contributed by atoms with van der Waals surface area (Å²) in [6.07, 6.45) is 5.50. The van der Waals surface area contributed by atoms with Gasteiger partial charge in [0.05, 0.1) is 17.4 Å². The smallest absolute Gasteiger partial charge is 0.254 e. The second kappa shape index (κ2) is 7.28. The number of aromatic nitrogens is 2. The molecule has 1 heterocycles. The Kier molecular flexibility index (Phi) is 5.38. The van der Waals surface area contributed by atoms with Crippen molar-refractivity contribution in [3.63, 3.8) is 0 Å². The largest absolute Gasteiger partial charge is 0.352 e. The average molecular weight is 369 g/mol. The highest BCUT2D eigenvalue weighted by Gasteiger charge is 2.08. The van der Waals surface area contributed by atoms with Crippen LogP contribution in [0.3, 0.4) is 0 Å². The van der Waals surface area contributed by atoms with E-state index in [2.05, 4.69) is 33.0 Å². The first-order chi connectivity index (χ1) is 9.31. The summed E-state index contributed by atoms with van der Waals surface area (Å²) in [6, 6.07) is 9.75. The second-order valence-electron chi connectivity index (χ2n) is 4.16. The van der Waals surface area contributed by atoms with Gasteiger partial charge in [-0.05, 0) is 29.4 Å². The van der Waals surface area contributed by atoms with Crippen LogP contribution >= 0.6 is 22.6 Å². The van der Waals surface area contributed by atoms with E-state index < -0.39 is 0 Å². The third kappa shape index (κ3) is 4.05. The SMILES string of the molecule is O=C(NCCCCI)c1cnn(-c2ccccc2)c1. The van der Waals surface area contributed by atoms with Crippen molar-refractivity contribution in [2.75, 3.05) is 11.0 Å². The number of carbonyl (C=O) groups is 1. The highest BCUT2D eigenvalue weighted by atomic mass is 127. The molecule has 2 rings (SSSR count). The van der Waals surface area contributed by atoms with Gasteiger partial charge in [-0.1, -0.05) is 40.8 Å². The van der Waals surface area contributed by atoms with E-state index in [1.165, 1.54) is 0 Å². The lowest BCUT2D eigenvalue weighted by Crippen LogP contribution is -2.24. The highest BCUT2D eigenvalue weighted by Crippen LogP contribution is 2.07. The van der Waals surface area contributed by atoms with Gasteiger partial charge in [-0.2, -0.15) is 5.10 Å². The van der Waals surface area contributed by atoms with Gasteiger partial charge in [0.2, 0.25) is 0 Å². The zero-order valence-electron chi connectivity index (χ0n) is 10.6. The third-order valence-electron chi connectivity index (χ3n) is 2.71. The topological polar surface area (TPSA) is 46.9 Å². The Morgan fingerprint density at radius 3 is 2.79 bits per heavy atom.